The van der Waals surface area contributed by atoms with Crippen LogP contribution in [0.1, 0.15) is 29.4 Å². The van der Waals surface area contributed by atoms with Gasteiger partial charge in [0.2, 0.25) is 5.88 Å². The Labute approximate surface area is 200 Å². The van der Waals surface area contributed by atoms with Crippen molar-refractivity contribution in [3.63, 3.8) is 0 Å². The summed E-state index contributed by atoms with van der Waals surface area (Å²) in [5.74, 6) is -6.83. The van der Waals surface area contributed by atoms with E-state index in [-0.39, 0.29) is 23.1 Å². The Kier molecular flexibility index (Phi) is 6.62. The molecule has 192 valence electrons. The van der Waals surface area contributed by atoms with Gasteiger partial charge >= 0.3 is 6.18 Å². The van der Waals surface area contributed by atoms with Crippen LogP contribution >= 0.6 is 0 Å². The molecule has 1 unspecified atom stereocenters. The first-order valence-electron chi connectivity index (χ1n) is 10.7. The molecule has 0 aliphatic carbocycles. The molecule has 0 radical (unpaired) electrons. The average molecular weight is 514 g/mol. The number of ether oxygens (including phenoxy) is 1. The summed E-state index contributed by atoms with van der Waals surface area (Å²) in [6, 6.07) is 0.812. The molecule has 2 atom stereocenters. The highest BCUT2D eigenvalue weighted by molar-refractivity contribution is 5.98. The van der Waals surface area contributed by atoms with E-state index < -0.39 is 66.8 Å². The number of piperidine rings is 1. The minimum atomic E-state index is -4.80. The van der Waals surface area contributed by atoms with Crippen LogP contribution in [0.25, 0.3) is 11.4 Å². The zero-order valence-corrected chi connectivity index (χ0v) is 19.0. The van der Waals surface area contributed by atoms with Gasteiger partial charge < -0.3 is 9.64 Å². The van der Waals surface area contributed by atoms with Crippen molar-refractivity contribution in [2.24, 2.45) is 13.0 Å². The molecule has 0 spiro atoms. The predicted molar refractivity (Wildman–Crippen MR) is 112 cm³/mol. The number of pyridine rings is 1. The van der Waals surface area contributed by atoms with E-state index in [1.165, 1.54) is 37.2 Å². The van der Waals surface area contributed by atoms with Crippen molar-refractivity contribution in [3.05, 3.63) is 54.0 Å². The standard InChI is InChI=1S/C22H20F6N6O2/c1-12-7-21(24,25)11-34(16(12)10-36-19-15(23)6-13(8-31-19)22(26,27)28)20(35)17-14(9-33(2)32-17)18-29-4-3-5-30-18/h3-6,8-9,12,16H,7,10-11H2,1-2H3/t12-,16?/m1/s1. The van der Waals surface area contributed by atoms with Gasteiger partial charge in [0, 0.05) is 38.3 Å². The lowest BCUT2D eigenvalue weighted by atomic mass is 9.88. The Morgan fingerprint density at radius 1 is 1.22 bits per heavy atom. The highest BCUT2D eigenvalue weighted by atomic mass is 19.4. The number of carbonyl (C=O) groups is 1. The van der Waals surface area contributed by atoms with Gasteiger partial charge in [0.05, 0.1) is 23.7 Å². The maximum atomic E-state index is 14.5. The third-order valence-corrected chi connectivity index (χ3v) is 5.70. The van der Waals surface area contributed by atoms with Gasteiger partial charge in [-0.25, -0.2) is 28.1 Å². The number of hydrogen-bond donors (Lipinski definition) is 0. The van der Waals surface area contributed by atoms with Crippen molar-refractivity contribution in [1.29, 1.82) is 0 Å². The summed E-state index contributed by atoms with van der Waals surface area (Å²) in [7, 11) is 1.54. The highest BCUT2D eigenvalue weighted by Crippen LogP contribution is 2.36. The number of halogens is 6. The van der Waals surface area contributed by atoms with E-state index in [0.717, 1.165) is 4.90 Å². The Hall–Kier alpha value is -3.71. The number of likely N-dealkylation sites (tertiary alicyclic amines) is 1. The lowest BCUT2D eigenvalue weighted by molar-refractivity contribution is -0.138. The number of carbonyl (C=O) groups excluding carboxylic acids is 1. The zero-order valence-electron chi connectivity index (χ0n) is 19.0. The van der Waals surface area contributed by atoms with Crippen molar-refractivity contribution in [2.75, 3.05) is 13.2 Å². The second-order valence-corrected chi connectivity index (χ2v) is 8.49. The first-order chi connectivity index (χ1) is 16.9. The van der Waals surface area contributed by atoms with Crippen LogP contribution in [0.3, 0.4) is 0 Å². The molecule has 3 aromatic heterocycles. The SMILES string of the molecule is C[C@@H]1CC(F)(F)CN(C(=O)c2nn(C)cc2-c2ncccn2)C1COc1ncc(C(F)(F)F)cc1F. The van der Waals surface area contributed by atoms with E-state index in [0.29, 0.717) is 6.20 Å². The highest BCUT2D eigenvalue weighted by Gasteiger charge is 2.47. The summed E-state index contributed by atoms with van der Waals surface area (Å²) in [6.07, 6.45) is -0.612. The van der Waals surface area contributed by atoms with Gasteiger partial charge in [0.1, 0.15) is 6.61 Å². The first kappa shape index (κ1) is 25.4. The van der Waals surface area contributed by atoms with E-state index in [1.54, 1.807) is 6.07 Å². The molecule has 1 amide bonds. The predicted octanol–water partition coefficient (Wildman–Crippen LogP) is 3.99. The third kappa shape index (κ3) is 5.26. The van der Waals surface area contributed by atoms with E-state index in [4.69, 9.17) is 4.74 Å². The minimum Gasteiger partial charge on any atom is -0.473 e. The number of alkyl halides is 5. The fourth-order valence-corrected chi connectivity index (χ4v) is 4.06. The monoisotopic (exact) mass is 514 g/mol. The quantitative estimate of drug-likeness (QED) is 0.479. The number of amides is 1. The van der Waals surface area contributed by atoms with Crippen molar-refractivity contribution in [1.82, 2.24) is 29.6 Å². The summed E-state index contributed by atoms with van der Waals surface area (Å²) in [5.41, 5.74) is -1.25. The number of rotatable bonds is 5. The maximum Gasteiger partial charge on any atom is 0.417 e. The molecule has 1 aliphatic rings. The van der Waals surface area contributed by atoms with Gasteiger partial charge in [-0.1, -0.05) is 6.92 Å². The van der Waals surface area contributed by atoms with Crippen LogP contribution in [0, 0.1) is 11.7 Å². The molecule has 1 aliphatic heterocycles. The van der Waals surface area contributed by atoms with Crippen LogP contribution in [0.5, 0.6) is 5.88 Å². The minimum absolute atomic E-state index is 0.162. The average Bonchev–Trinajstić information content (AvgIpc) is 3.19. The van der Waals surface area contributed by atoms with Crippen LogP contribution in [0.2, 0.25) is 0 Å². The van der Waals surface area contributed by atoms with Crippen molar-refractivity contribution in [2.45, 2.75) is 31.5 Å². The summed E-state index contributed by atoms with van der Waals surface area (Å²) in [6.45, 7) is 0.0264. The van der Waals surface area contributed by atoms with Crippen molar-refractivity contribution in [3.8, 4) is 17.3 Å². The molecule has 8 nitrogen and oxygen atoms in total. The molecule has 1 fully saturated rings. The first-order valence-corrected chi connectivity index (χ1v) is 10.7. The third-order valence-electron chi connectivity index (χ3n) is 5.70. The molecule has 4 rings (SSSR count). The largest absolute Gasteiger partial charge is 0.473 e. The molecule has 3 aromatic rings. The smallest absolute Gasteiger partial charge is 0.417 e. The van der Waals surface area contributed by atoms with Gasteiger partial charge in [-0.3, -0.25) is 9.48 Å². The molecule has 36 heavy (non-hydrogen) atoms. The molecular weight excluding hydrogens is 494 g/mol. The van der Waals surface area contributed by atoms with Crippen LogP contribution < -0.4 is 4.74 Å². The van der Waals surface area contributed by atoms with Gasteiger partial charge in [0.15, 0.2) is 17.3 Å². The Morgan fingerprint density at radius 2 is 1.92 bits per heavy atom. The molecule has 0 N–H and O–H groups in total. The number of aryl methyl sites for hydroxylation is 1. The van der Waals surface area contributed by atoms with Gasteiger partial charge in [-0.2, -0.15) is 18.3 Å². The fourth-order valence-electron chi connectivity index (χ4n) is 4.06. The second kappa shape index (κ2) is 9.39. The van der Waals surface area contributed by atoms with Crippen LogP contribution in [-0.2, 0) is 13.2 Å². The topological polar surface area (TPSA) is 86.0 Å². The lowest BCUT2D eigenvalue weighted by Gasteiger charge is -2.42. The molecule has 14 heteroatoms. The lowest BCUT2D eigenvalue weighted by Crippen LogP contribution is -2.57. The van der Waals surface area contributed by atoms with Crippen LogP contribution in [0.15, 0.2) is 36.9 Å². The molecule has 0 aromatic carbocycles. The van der Waals surface area contributed by atoms with Gasteiger partial charge in [0.25, 0.3) is 11.8 Å². The Morgan fingerprint density at radius 3 is 2.56 bits per heavy atom. The van der Waals surface area contributed by atoms with Gasteiger partial charge in [-0.05, 0) is 18.1 Å². The molecule has 1 saturated heterocycles. The molecule has 0 bridgehead atoms. The second-order valence-electron chi connectivity index (χ2n) is 8.49. The molecular formula is C22H20F6N6O2. The summed E-state index contributed by atoms with van der Waals surface area (Å²) < 4.78 is 88.1. The summed E-state index contributed by atoms with van der Waals surface area (Å²) in [5, 5.41) is 4.12. The summed E-state index contributed by atoms with van der Waals surface area (Å²) >= 11 is 0. The van der Waals surface area contributed by atoms with Crippen LogP contribution in [-0.4, -0.2) is 60.7 Å². The molecule has 4 heterocycles. The maximum absolute atomic E-state index is 14.5. The van der Waals surface area contributed by atoms with Gasteiger partial charge in [-0.15, -0.1) is 0 Å². The van der Waals surface area contributed by atoms with E-state index in [2.05, 4.69) is 20.1 Å². The molecule has 0 saturated carbocycles. The normalized spacial score (nSPS) is 19.8. The zero-order chi connectivity index (χ0) is 26.3. The summed E-state index contributed by atoms with van der Waals surface area (Å²) in [4.78, 5) is 25.9. The number of aromatic nitrogens is 5. The fraction of sp³-hybridized carbons (Fsp3) is 0.409. The van der Waals surface area contributed by atoms with Crippen molar-refractivity contribution >= 4 is 5.91 Å². The van der Waals surface area contributed by atoms with E-state index in [1.807, 2.05) is 0 Å². The Bertz CT molecular complexity index is 1250. The van der Waals surface area contributed by atoms with Crippen LogP contribution in [0.4, 0.5) is 26.3 Å². The van der Waals surface area contributed by atoms with E-state index >= 15 is 0 Å². The van der Waals surface area contributed by atoms with E-state index in [9.17, 15) is 31.1 Å². The Balaban J connectivity index is 1.62. The number of nitrogens with zero attached hydrogens (tertiary/aromatic N) is 6. The number of hydrogen-bond acceptors (Lipinski definition) is 6. The van der Waals surface area contributed by atoms with Crippen molar-refractivity contribution < 1.29 is 35.9 Å².